The van der Waals surface area contributed by atoms with Crippen molar-refractivity contribution in [1.82, 2.24) is 4.90 Å². The molecule has 1 heterocycles. The van der Waals surface area contributed by atoms with Crippen LogP contribution >= 0.6 is 0 Å². The summed E-state index contributed by atoms with van der Waals surface area (Å²) in [7, 11) is 0. The molecule has 8 nitrogen and oxygen atoms in total. The van der Waals surface area contributed by atoms with E-state index < -0.39 is 0 Å². The molecule has 1 saturated heterocycles. The summed E-state index contributed by atoms with van der Waals surface area (Å²) in [4.78, 5) is 2.54. The van der Waals surface area contributed by atoms with Crippen molar-refractivity contribution < 1.29 is 33.2 Å². The van der Waals surface area contributed by atoms with Crippen LogP contribution in [0.4, 0.5) is 0 Å². The Morgan fingerprint density at radius 3 is 1.40 bits per heavy atom. The lowest BCUT2D eigenvalue weighted by molar-refractivity contribution is -0.170. The molecule has 0 aromatic carbocycles. The van der Waals surface area contributed by atoms with Gasteiger partial charge in [-0.1, -0.05) is 20.8 Å². The molecule has 0 bridgehead atoms. The largest absolute Gasteiger partial charge is 0.381 e. The molecule has 8 heteroatoms. The predicted molar refractivity (Wildman–Crippen MR) is 216 cm³/mol. The molecule has 52 heavy (non-hydrogen) atoms. The maximum Gasteiger partial charge on any atom is 0.0835 e. The lowest BCUT2D eigenvalue weighted by Gasteiger charge is -2.44. The predicted octanol–water partition coefficient (Wildman–Crippen LogP) is 10.2. The molecule has 1 saturated carbocycles. The highest BCUT2D eigenvalue weighted by atomic mass is 16.5. The van der Waals surface area contributed by atoms with Crippen molar-refractivity contribution in [3.05, 3.63) is 0 Å². The minimum absolute atomic E-state index is 0.0294. The molecule has 2 fully saturated rings. The van der Waals surface area contributed by atoms with Gasteiger partial charge in [-0.15, -0.1) is 0 Å². The Morgan fingerprint density at radius 1 is 0.462 bits per heavy atom. The lowest BCUT2D eigenvalue weighted by atomic mass is 9.89. The van der Waals surface area contributed by atoms with Gasteiger partial charge in [0, 0.05) is 59.3 Å². The maximum atomic E-state index is 6.55. The van der Waals surface area contributed by atoms with E-state index in [2.05, 4.69) is 74.1 Å². The smallest absolute Gasteiger partial charge is 0.0835 e. The minimum atomic E-state index is -0.146. The van der Waals surface area contributed by atoms with Gasteiger partial charge in [0.1, 0.15) is 0 Å². The van der Waals surface area contributed by atoms with Crippen molar-refractivity contribution >= 4 is 0 Å². The fourth-order valence-corrected chi connectivity index (χ4v) is 6.63. The van der Waals surface area contributed by atoms with Gasteiger partial charge >= 0.3 is 0 Å². The fourth-order valence-electron chi connectivity index (χ4n) is 6.63. The zero-order chi connectivity index (χ0) is 38.4. The van der Waals surface area contributed by atoms with Crippen LogP contribution < -0.4 is 0 Å². The molecule has 1 aliphatic heterocycles. The van der Waals surface area contributed by atoms with Crippen LogP contribution in [-0.4, -0.2) is 113 Å². The summed E-state index contributed by atoms with van der Waals surface area (Å²) in [5, 5.41) is 0. The first-order chi connectivity index (χ1) is 24.5. The van der Waals surface area contributed by atoms with E-state index in [9.17, 15) is 0 Å². The number of hydrogen-bond donors (Lipinski definition) is 0. The zero-order valence-corrected chi connectivity index (χ0v) is 36.1. The molecule has 310 valence electrons. The van der Waals surface area contributed by atoms with Crippen molar-refractivity contribution in [1.29, 1.82) is 0 Å². The van der Waals surface area contributed by atoms with Gasteiger partial charge in [-0.25, -0.2) is 0 Å². The van der Waals surface area contributed by atoms with E-state index in [4.69, 9.17) is 33.2 Å². The molecule has 2 rings (SSSR count). The van der Waals surface area contributed by atoms with Crippen LogP contribution in [0, 0.1) is 5.41 Å². The number of hydrogen-bond acceptors (Lipinski definition) is 8. The Hall–Kier alpha value is -0.320. The normalized spacial score (nSPS) is 19.3. The van der Waals surface area contributed by atoms with Gasteiger partial charge < -0.3 is 33.2 Å². The molecule has 0 spiro atoms. The molecule has 0 N–H and O–H groups in total. The molecular formula is C44H87NO7. The second-order valence-electron chi connectivity index (χ2n) is 19.3. The Bertz CT molecular complexity index is 786. The summed E-state index contributed by atoms with van der Waals surface area (Å²) < 4.78 is 42.4. The summed E-state index contributed by atoms with van der Waals surface area (Å²) in [6.07, 6.45) is 19.0. The van der Waals surface area contributed by atoms with Crippen molar-refractivity contribution in [2.75, 3.05) is 72.5 Å². The Morgan fingerprint density at radius 2 is 0.904 bits per heavy atom. The number of nitrogens with zero attached hydrogens (tertiary/aromatic N) is 1. The summed E-state index contributed by atoms with van der Waals surface area (Å²) in [5.74, 6) is 0. The number of rotatable bonds is 33. The van der Waals surface area contributed by atoms with E-state index in [0.29, 0.717) is 18.3 Å². The molecule has 2 aliphatic rings. The lowest BCUT2D eigenvalue weighted by Crippen LogP contribution is -2.55. The van der Waals surface area contributed by atoms with Gasteiger partial charge in [0.25, 0.3) is 0 Å². The second-order valence-corrected chi connectivity index (χ2v) is 19.3. The van der Waals surface area contributed by atoms with Crippen LogP contribution in [0.3, 0.4) is 0 Å². The van der Waals surface area contributed by atoms with Crippen LogP contribution in [0.1, 0.15) is 172 Å². The van der Waals surface area contributed by atoms with Gasteiger partial charge in [-0.05, 0) is 163 Å². The van der Waals surface area contributed by atoms with Crippen LogP contribution in [0.5, 0.6) is 0 Å². The van der Waals surface area contributed by atoms with Crippen LogP contribution in [-0.2, 0) is 33.2 Å². The SMILES string of the molecule is CC(C)(C)COCCCCCOCCCCCN1CC(OC(C)(C)CCC(C)(C)O[C@H]2C[C@H](OCCCCCOCCCCCOC(C)(C)C)C2)C1. The van der Waals surface area contributed by atoms with E-state index in [-0.39, 0.29) is 22.2 Å². The zero-order valence-electron chi connectivity index (χ0n) is 36.1. The van der Waals surface area contributed by atoms with Gasteiger partial charge in [0.05, 0.1) is 41.7 Å². The topological polar surface area (TPSA) is 67.9 Å². The first kappa shape index (κ1) is 47.8. The molecule has 0 aromatic rings. The van der Waals surface area contributed by atoms with E-state index in [1.165, 1.54) is 38.6 Å². The highest BCUT2D eigenvalue weighted by Crippen LogP contribution is 2.34. The molecule has 0 unspecified atom stereocenters. The first-order valence-electron chi connectivity index (χ1n) is 21.6. The third kappa shape index (κ3) is 26.5. The Kier molecular flexibility index (Phi) is 23.7. The third-order valence-electron chi connectivity index (χ3n) is 9.91. The summed E-state index contributed by atoms with van der Waals surface area (Å²) >= 11 is 0. The third-order valence-corrected chi connectivity index (χ3v) is 9.91. The molecule has 0 amide bonds. The average Bonchev–Trinajstić information content (AvgIpc) is 3.00. The van der Waals surface area contributed by atoms with Gasteiger partial charge in [0.15, 0.2) is 0 Å². The summed E-state index contributed by atoms with van der Waals surface area (Å²) in [5.41, 5.74) is -0.0480. The quantitative estimate of drug-likeness (QED) is 0.0616. The minimum Gasteiger partial charge on any atom is -0.381 e. The van der Waals surface area contributed by atoms with Crippen LogP contribution in [0.25, 0.3) is 0 Å². The summed E-state index contributed by atoms with van der Waals surface area (Å²) in [6.45, 7) is 32.2. The highest BCUT2D eigenvalue weighted by molar-refractivity contribution is 4.87. The standard InChI is InChI=1S/C44H87NO7/c1-41(2,3)37-48-30-20-12-17-27-46-26-16-11-15-25-45-35-40(36-45)52-44(9,10)24-23-43(7,8)51-39-33-38(34-39)49-31-21-13-18-28-47-29-19-14-22-32-50-42(4,5)6/h38-40H,11-37H2,1-10H3/t38-,39-. The first-order valence-corrected chi connectivity index (χ1v) is 21.6. The average molecular weight is 742 g/mol. The number of unbranched alkanes of at least 4 members (excludes halogenated alkanes) is 8. The van der Waals surface area contributed by atoms with Crippen molar-refractivity contribution in [3.63, 3.8) is 0 Å². The maximum absolute atomic E-state index is 6.55. The van der Waals surface area contributed by atoms with Crippen molar-refractivity contribution in [2.24, 2.45) is 5.41 Å². The number of likely N-dealkylation sites (tertiary alicyclic amines) is 1. The van der Waals surface area contributed by atoms with E-state index in [1.807, 2.05) is 0 Å². The van der Waals surface area contributed by atoms with E-state index in [0.717, 1.165) is 137 Å². The van der Waals surface area contributed by atoms with Crippen LogP contribution in [0.2, 0.25) is 0 Å². The monoisotopic (exact) mass is 742 g/mol. The molecule has 1 aliphatic carbocycles. The Labute approximate surface area is 322 Å². The fraction of sp³-hybridized carbons (Fsp3) is 1.00. The van der Waals surface area contributed by atoms with Gasteiger partial charge in [-0.2, -0.15) is 0 Å². The van der Waals surface area contributed by atoms with Crippen molar-refractivity contribution in [2.45, 2.75) is 207 Å². The second kappa shape index (κ2) is 25.8. The van der Waals surface area contributed by atoms with E-state index in [1.54, 1.807) is 0 Å². The molecule has 0 radical (unpaired) electrons. The van der Waals surface area contributed by atoms with Gasteiger partial charge in [0.2, 0.25) is 0 Å². The molecule has 0 atom stereocenters. The van der Waals surface area contributed by atoms with Crippen molar-refractivity contribution in [3.8, 4) is 0 Å². The van der Waals surface area contributed by atoms with Crippen LogP contribution in [0.15, 0.2) is 0 Å². The summed E-state index contributed by atoms with van der Waals surface area (Å²) in [6, 6.07) is 0. The molecule has 0 aromatic heterocycles. The van der Waals surface area contributed by atoms with Gasteiger partial charge in [-0.3, -0.25) is 4.90 Å². The number of ether oxygens (including phenoxy) is 7. The molecular weight excluding hydrogens is 654 g/mol. The van der Waals surface area contributed by atoms with E-state index >= 15 is 0 Å². The Balaban J connectivity index is 1.35. The highest BCUT2D eigenvalue weighted by Gasteiger charge is 2.37.